The Balaban J connectivity index is 2.98. The number of nitrogens with zero attached hydrogens (tertiary/aromatic N) is 4. The summed E-state index contributed by atoms with van der Waals surface area (Å²) in [5.74, 6) is 0.647. The molecule has 1 unspecified atom stereocenters. The molecule has 1 aromatic rings. The van der Waals surface area contributed by atoms with Gasteiger partial charge < -0.3 is 10.6 Å². The Kier molecular flexibility index (Phi) is 3.68. The van der Waals surface area contributed by atoms with E-state index in [1.165, 1.54) is 0 Å². The van der Waals surface area contributed by atoms with Crippen LogP contribution in [0.1, 0.15) is 19.0 Å². The highest BCUT2D eigenvalue weighted by Crippen LogP contribution is 2.17. The average Bonchev–Trinajstić information content (AvgIpc) is 2.29. The fourth-order valence-electron chi connectivity index (χ4n) is 1.24. The van der Waals surface area contributed by atoms with E-state index in [-0.39, 0.29) is 11.7 Å². The highest BCUT2D eigenvalue weighted by Gasteiger charge is 2.12. The molecule has 16 heavy (non-hydrogen) atoms. The van der Waals surface area contributed by atoms with Crippen molar-refractivity contribution in [2.45, 2.75) is 19.4 Å². The smallest absolute Gasteiger partial charge is 0.165 e. The lowest BCUT2D eigenvalue weighted by molar-refractivity contribution is 0.694. The molecule has 0 radical (unpaired) electrons. The van der Waals surface area contributed by atoms with Gasteiger partial charge in [0.1, 0.15) is 11.9 Å². The van der Waals surface area contributed by atoms with Gasteiger partial charge in [-0.25, -0.2) is 4.98 Å². The van der Waals surface area contributed by atoms with Gasteiger partial charge in [-0.05, 0) is 19.1 Å². The minimum absolute atomic E-state index is 0.0488. The number of rotatable bonds is 3. The SMILES string of the molecule is CC(CC#N)N(C)c1ccc(N)c(C#N)n1. The van der Waals surface area contributed by atoms with Crippen molar-refractivity contribution in [1.29, 1.82) is 10.5 Å². The lowest BCUT2D eigenvalue weighted by Crippen LogP contribution is -2.29. The Morgan fingerprint density at radius 2 is 2.19 bits per heavy atom. The summed E-state index contributed by atoms with van der Waals surface area (Å²) >= 11 is 0. The molecular formula is C11H13N5. The molecule has 0 aliphatic rings. The molecule has 0 amide bonds. The van der Waals surface area contributed by atoms with Gasteiger partial charge in [-0.1, -0.05) is 0 Å². The molecule has 0 saturated heterocycles. The number of aromatic nitrogens is 1. The van der Waals surface area contributed by atoms with Gasteiger partial charge in [0.2, 0.25) is 0 Å². The quantitative estimate of drug-likeness (QED) is 0.820. The maximum atomic E-state index is 8.80. The average molecular weight is 215 g/mol. The van der Waals surface area contributed by atoms with E-state index < -0.39 is 0 Å². The van der Waals surface area contributed by atoms with Gasteiger partial charge in [-0.2, -0.15) is 10.5 Å². The molecule has 0 aromatic carbocycles. The Labute approximate surface area is 94.7 Å². The number of nitriles is 2. The number of hydrogen-bond acceptors (Lipinski definition) is 5. The summed E-state index contributed by atoms with van der Waals surface area (Å²) in [6.45, 7) is 1.92. The third kappa shape index (κ3) is 2.40. The van der Waals surface area contributed by atoms with E-state index in [4.69, 9.17) is 16.3 Å². The van der Waals surface area contributed by atoms with Crippen LogP contribution in [-0.4, -0.2) is 18.1 Å². The van der Waals surface area contributed by atoms with E-state index in [1.807, 2.05) is 24.9 Å². The van der Waals surface area contributed by atoms with Crippen molar-refractivity contribution in [2.24, 2.45) is 0 Å². The first-order valence-electron chi connectivity index (χ1n) is 4.86. The fraction of sp³-hybridized carbons (Fsp3) is 0.364. The van der Waals surface area contributed by atoms with Crippen molar-refractivity contribution in [1.82, 2.24) is 4.98 Å². The van der Waals surface area contributed by atoms with Crippen molar-refractivity contribution in [3.8, 4) is 12.1 Å². The predicted octanol–water partition coefficient (Wildman–Crippen LogP) is 1.27. The molecule has 82 valence electrons. The molecule has 0 aliphatic heterocycles. The van der Waals surface area contributed by atoms with Crippen molar-refractivity contribution < 1.29 is 0 Å². The van der Waals surface area contributed by atoms with Gasteiger partial charge >= 0.3 is 0 Å². The first-order chi connectivity index (χ1) is 7.60. The normalized spacial score (nSPS) is 11.2. The summed E-state index contributed by atoms with van der Waals surface area (Å²) in [5, 5.41) is 17.4. The lowest BCUT2D eigenvalue weighted by atomic mass is 10.2. The van der Waals surface area contributed by atoms with Crippen LogP contribution >= 0.6 is 0 Å². The summed E-state index contributed by atoms with van der Waals surface area (Å²) < 4.78 is 0. The van der Waals surface area contributed by atoms with Gasteiger partial charge in [-0.3, -0.25) is 0 Å². The van der Waals surface area contributed by atoms with Crippen molar-refractivity contribution in [3.05, 3.63) is 17.8 Å². The molecule has 0 fully saturated rings. The standard InChI is InChI=1S/C11H13N5/c1-8(5-6-12)16(2)11-4-3-9(14)10(7-13)15-11/h3-4,8H,5,14H2,1-2H3. The summed E-state index contributed by atoms with van der Waals surface area (Å²) in [7, 11) is 1.84. The van der Waals surface area contributed by atoms with Crippen LogP contribution < -0.4 is 10.6 Å². The molecule has 1 heterocycles. The first-order valence-corrected chi connectivity index (χ1v) is 4.86. The van der Waals surface area contributed by atoms with Crippen LogP contribution in [0.4, 0.5) is 11.5 Å². The second-order valence-corrected chi connectivity index (χ2v) is 3.54. The van der Waals surface area contributed by atoms with E-state index in [1.54, 1.807) is 12.1 Å². The number of nitrogens with two attached hydrogens (primary N) is 1. The van der Waals surface area contributed by atoms with Gasteiger partial charge in [-0.15, -0.1) is 0 Å². The highest BCUT2D eigenvalue weighted by molar-refractivity contribution is 5.55. The van der Waals surface area contributed by atoms with Crippen LogP contribution in [0.3, 0.4) is 0 Å². The van der Waals surface area contributed by atoms with Crippen LogP contribution in [0.2, 0.25) is 0 Å². The van der Waals surface area contributed by atoms with Crippen LogP contribution in [0.25, 0.3) is 0 Å². The fourth-order valence-corrected chi connectivity index (χ4v) is 1.24. The van der Waals surface area contributed by atoms with Crippen molar-refractivity contribution in [3.63, 3.8) is 0 Å². The van der Waals surface area contributed by atoms with Crippen LogP contribution in [0.5, 0.6) is 0 Å². The Bertz CT molecular complexity index is 454. The Morgan fingerprint density at radius 3 is 2.75 bits per heavy atom. The molecule has 2 N–H and O–H groups in total. The number of nitrogen functional groups attached to an aromatic ring is 1. The summed E-state index contributed by atoms with van der Waals surface area (Å²) in [5.41, 5.74) is 6.16. The van der Waals surface area contributed by atoms with E-state index >= 15 is 0 Å². The van der Waals surface area contributed by atoms with Gasteiger partial charge in [0, 0.05) is 13.1 Å². The summed E-state index contributed by atoms with van der Waals surface area (Å²) in [6, 6.07) is 7.47. The van der Waals surface area contributed by atoms with Crippen molar-refractivity contribution >= 4 is 11.5 Å². The zero-order chi connectivity index (χ0) is 12.1. The molecule has 0 aliphatic carbocycles. The molecule has 0 spiro atoms. The number of anilines is 2. The molecular weight excluding hydrogens is 202 g/mol. The zero-order valence-electron chi connectivity index (χ0n) is 9.31. The lowest BCUT2D eigenvalue weighted by Gasteiger charge is -2.24. The van der Waals surface area contributed by atoms with E-state index in [0.717, 1.165) is 0 Å². The Hall–Kier alpha value is -2.27. The molecule has 1 rings (SSSR count). The molecule has 0 bridgehead atoms. The van der Waals surface area contributed by atoms with Gasteiger partial charge in [0.25, 0.3) is 0 Å². The third-order valence-electron chi connectivity index (χ3n) is 2.43. The second kappa shape index (κ2) is 4.99. The topological polar surface area (TPSA) is 89.7 Å². The first kappa shape index (κ1) is 11.8. The molecule has 5 heteroatoms. The van der Waals surface area contributed by atoms with Crippen LogP contribution in [0.15, 0.2) is 12.1 Å². The Morgan fingerprint density at radius 1 is 1.50 bits per heavy atom. The summed E-state index contributed by atoms with van der Waals surface area (Å²) in [6.07, 6.45) is 0.407. The molecule has 0 saturated carbocycles. The second-order valence-electron chi connectivity index (χ2n) is 3.54. The number of pyridine rings is 1. The van der Waals surface area contributed by atoms with E-state index in [9.17, 15) is 0 Å². The van der Waals surface area contributed by atoms with E-state index in [2.05, 4.69) is 11.1 Å². The third-order valence-corrected chi connectivity index (χ3v) is 2.43. The largest absolute Gasteiger partial charge is 0.396 e. The van der Waals surface area contributed by atoms with Gasteiger partial charge in [0.05, 0.1) is 18.2 Å². The summed E-state index contributed by atoms with van der Waals surface area (Å²) in [4.78, 5) is 5.98. The number of hydrogen-bond donors (Lipinski definition) is 1. The van der Waals surface area contributed by atoms with Crippen molar-refractivity contribution in [2.75, 3.05) is 17.7 Å². The van der Waals surface area contributed by atoms with E-state index in [0.29, 0.717) is 17.9 Å². The monoisotopic (exact) mass is 215 g/mol. The molecule has 1 atom stereocenters. The maximum absolute atomic E-state index is 8.80. The van der Waals surface area contributed by atoms with Crippen LogP contribution in [0, 0.1) is 22.7 Å². The zero-order valence-corrected chi connectivity index (χ0v) is 9.31. The van der Waals surface area contributed by atoms with Crippen LogP contribution in [-0.2, 0) is 0 Å². The highest BCUT2D eigenvalue weighted by atomic mass is 15.2. The maximum Gasteiger partial charge on any atom is 0.165 e. The molecule has 1 aromatic heterocycles. The molecule has 5 nitrogen and oxygen atoms in total. The predicted molar refractivity (Wildman–Crippen MR) is 61.5 cm³/mol. The minimum Gasteiger partial charge on any atom is -0.396 e. The van der Waals surface area contributed by atoms with Gasteiger partial charge in [0.15, 0.2) is 5.69 Å². The minimum atomic E-state index is 0.0488.